The Morgan fingerprint density at radius 3 is 2.47 bits per heavy atom. The van der Waals surface area contributed by atoms with Crippen LogP contribution in [0, 0.1) is 10.1 Å². The summed E-state index contributed by atoms with van der Waals surface area (Å²) in [4.78, 5) is 30.0. The van der Waals surface area contributed by atoms with Crippen LogP contribution in [0.25, 0.3) is 0 Å². The molecular weight excluding hydrogens is 382 g/mol. The Bertz CT molecular complexity index is 1130. The zero-order valence-electron chi connectivity index (χ0n) is 15.8. The summed E-state index contributed by atoms with van der Waals surface area (Å²) in [5.41, 5.74) is 1.29. The van der Waals surface area contributed by atoms with Gasteiger partial charge in [0.2, 0.25) is 11.6 Å². The van der Waals surface area contributed by atoms with Crippen LogP contribution in [0.15, 0.2) is 85.6 Å². The fraction of sp³-hybridized carbons (Fsp3) is 0.0476. The highest BCUT2D eigenvalue weighted by Gasteiger charge is 2.28. The van der Waals surface area contributed by atoms with Crippen molar-refractivity contribution in [2.24, 2.45) is 0 Å². The molecule has 0 aliphatic heterocycles. The van der Waals surface area contributed by atoms with Crippen LogP contribution in [-0.2, 0) is 6.54 Å². The van der Waals surface area contributed by atoms with Crippen LogP contribution in [0.3, 0.4) is 0 Å². The molecule has 0 fully saturated rings. The lowest BCUT2D eigenvalue weighted by Gasteiger charge is -2.23. The number of pyridine rings is 2. The third-order valence-corrected chi connectivity index (χ3v) is 4.27. The number of hydrogen-bond donors (Lipinski definition) is 1. The SMILES string of the molecule is O=[N+]([O-])c1c(Nc2cccnc2)ncnc1N(Cc1ccccc1)c1ccccn1. The molecule has 0 unspecified atom stereocenters. The number of benzene rings is 1. The van der Waals surface area contributed by atoms with Gasteiger partial charge in [0.1, 0.15) is 12.1 Å². The number of anilines is 4. The van der Waals surface area contributed by atoms with Crippen LogP contribution in [0.2, 0.25) is 0 Å². The van der Waals surface area contributed by atoms with Crippen molar-refractivity contribution in [2.75, 3.05) is 10.2 Å². The van der Waals surface area contributed by atoms with Crippen molar-refractivity contribution < 1.29 is 4.92 Å². The average Bonchev–Trinajstić information content (AvgIpc) is 2.79. The van der Waals surface area contributed by atoms with E-state index < -0.39 is 4.92 Å². The van der Waals surface area contributed by atoms with Gasteiger partial charge in [0.25, 0.3) is 0 Å². The molecule has 9 nitrogen and oxygen atoms in total. The second-order valence-electron chi connectivity index (χ2n) is 6.28. The molecule has 3 heterocycles. The molecule has 0 aliphatic carbocycles. The summed E-state index contributed by atoms with van der Waals surface area (Å²) in [6.07, 6.45) is 6.11. The predicted octanol–water partition coefficient (Wildman–Crippen LogP) is 4.26. The Morgan fingerprint density at radius 2 is 1.77 bits per heavy atom. The maximum atomic E-state index is 12.0. The molecule has 0 saturated carbocycles. The van der Waals surface area contributed by atoms with Gasteiger partial charge in [-0.15, -0.1) is 0 Å². The Balaban J connectivity index is 1.81. The highest BCUT2D eigenvalue weighted by molar-refractivity contribution is 5.77. The van der Waals surface area contributed by atoms with E-state index in [2.05, 4.69) is 25.3 Å². The van der Waals surface area contributed by atoms with Gasteiger partial charge >= 0.3 is 5.69 Å². The lowest BCUT2D eigenvalue weighted by Crippen LogP contribution is -2.21. The van der Waals surface area contributed by atoms with E-state index in [1.807, 2.05) is 36.4 Å². The van der Waals surface area contributed by atoms with Gasteiger partial charge in [-0.05, 0) is 29.8 Å². The van der Waals surface area contributed by atoms with Gasteiger partial charge in [0.05, 0.1) is 23.4 Å². The predicted molar refractivity (Wildman–Crippen MR) is 113 cm³/mol. The maximum absolute atomic E-state index is 12.0. The minimum absolute atomic E-state index is 0.0759. The van der Waals surface area contributed by atoms with Crippen molar-refractivity contribution in [2.45, 2.75) is 6.54 Å². The Kier molecular flexibility index (Phi) is 5.52. The number of rotatable bonds is 7. The standard InChI is InChI=1S/C21H17N7O2/c29-28(30)19-20(26-17-9-6-11-22-13-17)24-15-25-21(19)27(18-10-4-5-12-23-18)14-16-7-2-1-3-8-16/h1-13,15H,14H2,(H,24,25,26). The summed E-state index contributed by atoms with van der Waals surface area (Å²) < 4.78 is 0. The molecule has 0 amide bonds. The van der Waals surface area contributed by atoms with Crippen molar-refractivity contribution in [1.29, 1.82) is 0 Å². The van der Waals surface area contributed by atoms with Crippen LogP contribution < -0.4 is 10.2 Å². The summed E-state index contributed by atoms with van der Waals surface area (Å²) in [7, 11) is 0. The first kappa shape index (κ1) is 18.9. The smallest absolute Gasteiger partial charge is 0.333 e. The molecule has 1 aromatic carbocycles. The molecule has 9 heteroatoms. The van der Waals surface area contributed by atoms with Gasteiger partial charge in [-0.25, -0.2) is 15.0 Å². The van der Waals surface area contributed by atoms with Gasteiger partial charge in [-0.3, -0.25) is 15.1 Å². The lowest BCUT2D eigenvalue weighted by molar-refractivity contribution is -0.383. The Labute approximate surface area is 172 Å². The van der Waals surface area contributed by atoms with Gasteiger partial charge in [-0.2, -0.15) is 0 Å². The molecule has 148 valence electrons. The van der Waals surface area contributed by atoms with Crippen molar-refractivity contribution in [3.63, 3.8) is 0 Å². The van der Waals surface area contributed by atoms with E-state index in [1.165, 1.54) is 6.33 Å². The number of nitro groups is 1. The fourth-order valence-corrected chi connectivity index (χ4v) is 2.94. The average molecular weight is 399 g/mol. The van der Waals surface area contributed by atoms with Crippen molar-refractivity contribution in [3.05, 3.63) is 101 Å². The third kappa shape index (κ3) is 4.20. The summed E-state index contributed by atoms with van der Waals surface area (Å²) >= 11 is 0. The minimum atomic E-state index is -0.491. The third-order valence-electron chi connectivity index (χ3n) is 4.27. The largest absolute Gasteiger partial charge is 0.354 e. The second kappa shape index (κ2) is 8.74. The van der Waals surface area contributed by atoms with Crippen molar-refractivity contribution in [3.8, 4) is 0 Å². The van der Waals surface area contributed by atoms with Gasteiger partial charge in [0, 0.05) is 12.4 Å². The molecule has 0 radical (unpaired) electrons. The van der Waals surface area contributed by atoms with E-state index in [-0.39, 0.29) is 17.3 Å². The topological polar surface area (TPSA) is 110 Å². The number of nitrogens with zero attached hydrogens (tertiary/aromatic N) is 6. The zero-order chi connectivity index (χ0) is 20.8. The Hall–Kier alpha value is -4.40. The first-order valence-corrected chi connectivity index (χ1v) is 9.11. The molecule has 1 N–H and O–H groups in total. The highest BCUT2D eigenvalue weighted by Crippen LogP contribution is 2.37. The zero-order valence-corrected chi connectivity index (χ0v) is 15.8. The summed E-state index contributed by atoms with van der Waals surface area (Å²) in [5, 5.41) is 15.0. The fourth-order valence-electron chi connectivity index (χ4n) is 2.94. The van der Waals surface area contributed by atoms with E-state index >= 15 is 0 Å². The first-order valence-electron chi connectivity index (χ1n) is 9.11. The molecule has 0 bridgehead atoms. The quantitative estimate of drug-likeness (QED) is 0.363. The first-order chi connectivity index (χ1) is 14.7. The normalized spacial score (nSPS) is 10.4. The summed E-state index contributed by atoms with van der Waals surface area (Å²) in [6, 6.07) is 18.5. The molecule has 4 aromatic rings. The van der Waals surface area contributed by atoms with E-state index in [0.29, 0.717) is 18.1 Å². The van der Waals surface area contributed by atoms with Crippen LogP contribution in [0.5, 0.6) is 0 Å². The molecule has 0 atom stereocenters. The molecule has 0 saturated heterocycles. The summed E-state index contributed by atoms with van der Waals surface area (Å²) in [5.74, 6) is 0.756. The molecule has 3 aromatic heterocycles. The van der Waals surface area contributed by atoms with E-state index in [9.17, 15) is 10.1 Å². The van der Waals surface area contributed by atoms with Gasteiger partial charge in [0.15, 0.2) is 0 Å². The van der Waals surface area contributed by atoms with Crippen LogP contribution in [0.4, 0.5) is 28.8 Å². The highest BCUT2D eigenvalue weighted by atomic mass is 16.6. The summed E-state index contributed by atoms with van der Waals surface area (Å²) in [6.45, 7) is 0.349. The molecule has 0 aliphatic rings. The van der Waals surface area contributed by atoms with E-state index in [0.717, 1.165) is 5.56 Å². The Morgan fingerprint density at radius 1 is 0.933 bits per heavy atom. The van der Waals surface area contributed by atoms with Crippen LogP contribution in [0.1, 0.15) is 5.56 Å². The van der Waals surface area contributed by atoms with Crippen LogP contribution in [-0.4, -0.2) is 24.9 Å². The van der Waals surface area contributed by atoms with Gasteiger partial charge in [-0.1, -0.05) is 36.4 Å². The van der Waals surface area contributed by atoms with Crippen molar-refractivity contribution >= 4 is 28.8 Å². The minimum Gasteiger partial charge on any atom is -0.333 e. The van der Waals surface area contributed by atoms with E-state index in [4.69, 9.17) is 0 Å². The monoisotopic (exact) mass is 399 g/mol. The maximum Gasteiger partial charge on any atom is 0.354 e. The molecular formula is C21H17N7O2. The van der Waals surface area contributed by atoms with Crippen molar-refractivity contribution in [1.82, 2.24) is 19.9 Å². The number of nitrogens with one attached hydrogen (secondary N) is 1. The lowest BCUT2D eigenvalue weighted by atomic mass is 10.2. The molecule has 0 spiro atoms. The molecule has 4 rings (SSSR count). The second-order valence-corrected chi connectivity index (χ2v) is 6.28. The number of aromatic nitrogens is 4. The number of hydrogen-bond acceptors (Lipinski definition) is 8. The van der Waals surface area contributed by atoms with Crippen LogP contribution >= 0.6 is 0 Å². The van der Waals surface area contributed by atoms with Gasteiger partial charge < -0.3 is 10.2 Å². The molecule has 30 heavy (non-hydrogen) atoms. The van der Waals surface area contributed by atoms with E-state index in [1.54, 1.807) is 47.8 Å².